The first-order valence-electron chi connectivity index (χ1n) is 8.62. The van der Waals surface area contributed by atoms with Crippen molar-refractivity contribution in [3.8, 4) is 0 Å². The number of nitrogens with zero attached hydrogens (tertiary/aromatic N) is 1. The van der Waals surface area contributed by atoms with Crippen LogP contribution in [0.5, 0.6) is 0 Å². The third-order valence-electron chi connectivity index (χ3n) is 4.98. The third kappa shape index (κ3) is 3.60. The Labute approximate surface area is 172 Å². The second-order valence-electron chi connectivity index (χ2n) is 7.27. The zero-order chi connectivity index (χ0) is 20.8. The minimum absolute atomic E-state index is 0.0000758. The van der Waals surface area contributed by atoms with Crippen LogP contribution in [-0.2, 0) is 6.54 Å². The van der Waals surface area contributed by atoms with E-state index in [0.29, 0.717) is 12.1 Å². The molecule has 0 fully saturated rings. The highest BCUT2D eigenvalue weighted by atomic mass is 35.5. The number of hydrogen-bond donors (Lipinski definition) is 2. The molecule has 3 rings (SSSR count). The maximum absolute atomic E-state index is 13.7. The van der Waals surface area contributed by atoms with Crippen LogP contribution in [0.15, 0.2) is 30.3 Å². The lowest BCUT2D eigenvalue weighted by atomic mass is 9.99. The fourth-order valence-corrected chi connectivity index (χ4v) is 3.64. The molecule has 0 aliphatic carbocycles. The number of amides is 2. The van der Waals surface area contributed by atoms with E-state index in [2.05, 4.69) is 5.32 Å². The molecule has 2 N–H and O–H groups in total. The molecule has 0 radical (unpaired) electrons. The zero-order valence-corrected chi connectivity index (χ0v) is 17.0. The topological polar surface area (TPSA) is 69.6 Å². The number of carbonyl (C=O) groups excluding carboxylic acids is 2. The number of fused-ring (bicyclic) bond motifs is 1. The molecule has 0 saturated heterocycles. The van der Waals surface area contributed by atoms with Crippen molar-refractivity contribution in [1.29, 1.82) is 0 Å². The van der Waals surface area contributed by atoms with Gasteiger partial charge in [0.1, 0.15) is 5.82 Å². The van der Waals surface area contributed by atoms with E-state index in [4.69, 9.17) is 23.2 Å². The molecular formula is C20H19Cl2FN2O3. The van der Waals surface area contributed by atoms with Crippen LogP contribution >= 0.6 is 23.2 Å². The number of rotatable bonds is 4. The number of carbonyl (C=O) groups is 2. The Morgan fingerprint density at radius 1 is 1.29 bits per heavy atom. The maximum atomic E-state index is 13.7. The number of anilines is 1. The molecule has 1 atom stereocenters. The standard InChI is InChI=1S/C20H19Cl2FN2O3/c1-10(20(2,3)28)25-9-11-5-4-6-14(15(11)19(25)27)24-18(26)16-12(21)7-8-13(23)17(16)22/h4-8,10,28H,9H2,1-3H3,(H,24,26). The molecule has 1 aliphatic heterocycles. The van der Waals surface area contributed by atoms with Crippen LogP contribution in [0, 0.1) is 5.82 Å². The highest BCUT2D eigenvalue weighted by Gasteiger charge is 2.38. The predicted molar refractivity (Wildman–Crippen MR) is 106 cm³/mol. The summed E-state index contributed by atoms with van der Waals surface area (Å²) in [5, 5.41) is 12.5. The predicted octanol–water partition coefficient (Wildman–Crippen LogP) is 4.50. The molecule has 0 spiro atoms. The van der Waals surface area contributed by atoms with Crippen molar-refractivity contribution < 1.29 is 19.1 Å². The van der Waals surface area contributed by atoms with E-state index in [-0.39, 0.29) is 27.2 Å². The van der Waals surface area contributed by atoms with Crippen LogP contribution in [0.2, 0.25) is 10.0 Å². The van der Waals surface area contributed by atoms with E-state index in [1.54, 1.807) is 43.9 Å². The van der Waals surface area contributed by atoms with E-state index >= 15 is 0 Å². The van der Waals surface area contributed by atoms with Crippen molar-refractivity contribution in [3.05, 3.63) is 62.9 Å². The number of halogens is 3. The summed E-state index contributed by atoms with van der Waals surface area (Å²) in [4.78, 5) is 27.2. The summed E-state index contributed by atoms with van der Waals surface area (Å²) in [6, 6.07) is 6.93. The van der Waals surface area contributed by atoms with Gasteiger partial charge < -0.3 is 15.3 Å². The van der Waals surface area contributed by atoms with Gasteiger partial charge in [0.25, 0.3) is 11.8 Å². The van der Waals surface area contributed by atoms with Crippen LogP contribution in [0.4, 0.5) is 10.1 Å². The van der Waals surface area contributed by atoms with Gasteiger partial charge in [-0.05, 0) is 44.5 Å². The van der Waals surface area contributed by atoms with E-state index in [9.17, 15) is 19.1 Å². The molecule has 0 saturated carbocycles. The number of hydrogen-bond acceptors (Lipinski definition) is 3. The zero-order valence-electron chi connectivity index (χ0n) is 15.5. The molecule has 2 amide bonds. The van der Waals surface area contributed by atoms with Crippen molar-refractivity contribution in [3.63, 3.8) is 0 Å². The molecule has 2 aromatic carbocycles. The van der Waals surface area contributed by atoms with Crippen molar-refractivity contribution in [2.45, 2.75) is 39.0 Å². The highest BCUT2D eigenvalue weighted by molar-refractivity contribution is 6.40. The van der Waals surface area contributed by atoms with Gasteiger partial charge in [0.15, 0.2) is 0 Å². The molecule has 0 aromatic heterocycles. The van der Waals surface area contributed by atoms with Crippen LogP contribution in [0.25, 0.3) is 0 Å². The van der Waals surface area contributed by atoms with Gasteiger partial charge in [0, 0.05) is 6.54 Å². The van der Waals surface area contributed by atoms with Gasteiger partial charge in [-0.15, -0.1) is 0 Å². The van der Waals surface area contributed by atoms with Crippen LogP contribution in [-0.4, -0.2) is 33.5 Å². The van der Waals surface area contributed by atoms with Gasteiger partial charge in [-0.1, -0.05) is 35.3 Å². The first-order chi connectivity index (χ1) is 13.0. The number of aliphatic hydroxyl groups is 1. The summed E-state index contributed by atoms with van der Waals surface area (Å²) in [7, 11) is 0. The van der Waals surface area contributed by atoms with Gasteiger partial charge in [0.2, 0.25) is 0 Å². The quantitative estimate of drug-likeness (QED) is 0.709. The molecular weight excluding hydrogens is 406 g/mol. The van der Waals surface area contributed by atoms with Gasteiger partial charge in [-0.25, -0.2) is 4.39 Å². The van der Waals surface area contributed by atoms with E-state index < -0.39 is 23.4 Å². The Hall–Kier alpha value is -2.15. The van der Waals surface area contributed by atoms with E-state index in [0.717, 1.165) is 11.6 Å². The lowest BCUT2D eigenvalue weighted by Crippen LogP contribution is -2.47. The first kappa shape index (κ1) is 20.6. The van der Waals surface area contributed by atoms with E-state index in [1.165, 1.54) is 6.07 Å². The van der Waals surface area contributed by atoms with Gasteiger partial charge in [-0.3, -0.25) is 9.59 Å². The molecule has 1 aliphatic rings. The van der Waals surface area contributed by atoms with Crippen LogP contribution in [0.1, 0.15) is 47.1 Å². The molecule has 8 heteroatoms. The Morgan fingerprint density at radius 2 is 1.96 bits per heavy atom. The number of nitrogens with one attached hydrogen (secondary N) is 1. The summed E-state index contributed by atoms with van der Waals surface area (Å²) < 4.78 is 13.7. The summed E-state index contributed by atoms with van der Waals surface area (Å²) in [6.07, 6.45) is 0. The van der Waals surface area contributed by atoms with Crippen LogP contribution in [0.3, 0.4) is 0 Å². The molecule has 2 aromatic rings. The number of benzene rings is 2. The Kier molecular flexibility index (Phi) is 5.40. The average Bonchev–Trinajstić information content (AvgIpc) is 2.95. The summed E-state index contributed by atoms with van der Waals surface area (Å²) in [5.41, 5.74) is 0.0253. The molecule has 148 valence electrons. The molecule has 1 unspecified atom stereocenters. The van der Waals surface area contributed by atoms with Crippen molar-refractivity contribution in [2.75, 3.05) is 5.32 Å². The smallest absolute Gasteiger partial charge is 0.258 e. The van der Waals surface area contributed by atoms with Gasteiger partial charge in [-0.2, -0.15) is 0 Å². The largest absolute Gasteiger partial charge is 0.388 e. The third-order valence-corrected chi connectivity index (χ3v) is 5.66. The SMILES string of the molecule is CC(N1Cc2cccc(NC(=O)c3c(Cl)ccc(F)c3Cl)c2C1=O)C(C)(C)O. The van der Waals surface area contributed by atoms with Crippen molar-refractivity contribution >= 4 is 40.7 Å². The summed E-state index contributed by atoms with van der Waals surface area (Å²) in [6.45, 7) is 5.33. The second-order valence-corrected chi connectivity index (χ2v) is 8.06. The second kappa shape index (κ2) is 7.35. The van der Waals surface area contributed by atoms with Gasteiger partial charge in [0.05, 0.1) is 38.5 Å². The van der Waals surface area contributed by atoms with Crippen molar-refractivity contribution in [2.24, 2.45) is 0 Å². The Balaban J connectivity index is 1.95. The summed E-state index contributed by atoms with van der Waals surface area (Å²) >= 11 is 11.9. The molecule has 0 bridgehead atoms. The molecule has 28 heavy (non-hydrogen) atoms. The summed E-state index contributed by atoms with van der Waals surface area (Å²) in [5.74, 6) is -1.79. The fraction of sp³-hybridized carbons (Fsp3) is 0.300. The normalized spacial score (nSPS) is 14.8. The monoisotopic (exact) mass is 424 g/mol. The van der Waals surface area contributed by atoms with Crippen LogP contribution < -0.4 is 5.32 Å². The Bertz CT molecular complexity index is 973. The minimum atomic E-state index is -1.09. The molecule has 5 nitrogen and oxygen atoms in total. The molecule has 1 heterocycles. The lowest BCUT2D eigenvalue weighted by Gasteiger charge is -2.33. The minimum Gasteiger partial charge on any atom is -0.388 e. The highest BCUT2D eigenvalue weighted by Crippen LogP contribution is 2.34. The Morgan fingerprint density at radius 3 is 2.61 bits per heavy atom. The van der Waals surface area contributed by atoms with E-state index in [1.807, 2.05) is 0 Å². The lowest BCUT2D eigenvalue weighted by molar-refractivity contribution is -0.00644. The van der Waals surface area contributed by atoms with Gasteiger partial charge >= 0.3 is 0 Å². The maximum Gasteiger partial charge on any atom is 0.258 e. The average molecular weight is 425 g/mol. The fourth-order valence-electron chi connectivity index (χ4n) is 3.10. The van der Waals surface area contributed by atoms with Crippen molar-refractivity contribution in [1.82, 2.24) is 4.90 Å². The first-order valence-corrected chi connectivity index (χ1v) is 9.38.